The predicted octanol–water partition coefficient (Wildman–Crippen LogP) is 3.37. The number of aromatic nitrogens is 1. The molecule has 1 aliphatic rings. The van der Waals surface area contributed by atoms with E-state index in [0.717, 1.165) is 23.3 Å². The van der Waals surface area contributed by atoms with Crippen LogP contribution in [0, 0.1) is 0 Å². The van der Waals surface area contributed by atoms with Gasteiger partial charge < -0.3 is 4.98 Å². The summed E-state index contributed by atoms with van der Waals surface area (Å²) in [5.74, 6) is 0.195. The van der Waals surface area contributed by atoms with E-state index in [2.05, 4.69) is 62.1 Å². The van der Waals surface area contributed by atoms with Crippen LogP contribution in [0.1, 0.15) is 39.0 Å². The summed E-state index contributed by atoms with van der Waals surface area (Å²) >= 11 is 4.74. The van der Waals surface area contributed by atoms with Crippen molar-refractivity contribution >= 4 is 62.4 Å². The zero-order valence-electron chi connectivity index (χ0n) is 13.2. The molecule has 2 heterocycles. The number of hydrogen-bond acceptors (Lipinski definition) is 1. The van der Waals surface area contributed by atoms with Crippen molar-refractivity contribution in [2.75, 3.05) is 0 Å². The molecule has 1 aromatic heterocycles. The van der Waals surface area contributed by atoms with Crippen molar-refractivity contribution in [3.63, 3.8) is 0 Å². The van der Waals surface area contributed by atoms with E-state index in [4.69, 9.17) is 0 Å². The first-order valence-electron chi connectivity index (χ1n) is 7.21. The monoisotopic (exact) mass is 562 g/mol. The number of rotatable bonds is 1. The maximum atomic E-state index is 11.5. The second kappa shape index (κ2) is 10.1. The number of nitrogens with one attached hydrogen (secondary N) is 2. The van der Waals surface area contributed by atoms with Crippen molar-refractivity contribution < 1.29 is 19.3 Å². The van der Waals surface area contributed by atoms with E-state index in [1.165, 1.54) is 10.9 Å². The maximum absolute atomic E-state index is 11.5. The Bertz CT molecular complexity index is 667. The number of Topliss-reactive ketones (excluding diaryl/α,β-unsaturated/α-hetero) is 1. The number of carbonyl (C=O) groups is 1. The van der Waals surface area contributed by atoms with Crippen molar-refractivity contribution in [2.24, 2.45) is 0 Å². The number of H-pyrrole nitrogens is 1. The number of halogens is 2. The molecule has 6 heteroatoms. The van der Waals surface area contributed by atoms with Crippen LogP contribution in [-0.4, -0.2) is 22.5 Å². The molecule has 22 heavy (non-hydrogen) atoms. The Morgan fingerprint density at radius 2 is 1.91 bits per heavy atom. The van der Waals surface area contributed by atoms with Crippen molar-refractivity contribution in [2.45, 2.75) is 40.2 Å². The van der Waals surface area contributed by atoms with Gasteiger partial charge in [-0.05, 0) is 11.6 Å². The van der Waals surface area contributed by atoms with Crippen LogP contribution in [0.3, 0.4) is 0 Å². The van der Waals surface area contributed by atoms with Gasteiger partial charge in [-0.3, -0.25) is 4.79 Å². The van der Waals surface area contributed by atoms with Crippen LogP contribution >= 0.6 is 40.0 Å². The molecule has 1 aliphatic heterocycles. The number of ketones is 1. The van der Waals surface area contributed by atoms with Crippen LogP contribution in [0.15, 0.2) is 24.3 Å². The minimum atomic E-state index is -0.0818. The average Bonchev–Trinajstić information content (AvgIpc) is 2.89. The number of fused-ring (bicyclic) bond motifs is 3. The first kappa shape index (κ1) is 20.2. The molecule has 1 unspecified atom stereocenters. The fourth-order valence-electron chi connectivity index (χ4n) is 2.57. The summed E-state index contributed by atoms with van der Waals surface area (Å²) in [7, 11) is 0.628. The van der Waals surface area contributed by atoms with Crippen molar-refractivity contribution in [3.05, 3.63) is 35.5 Å². The third-order valence-electron chi connectivity index (χ3n) is 3.48. The van der Waals surface area contributed by atoms with E-state index in [1.807, 2.05) is 32.9 Å². The Morgan fingerprint density at radius 3 is 2.50 bits per heavy atom. The van der Waals surface area contributed by atoms with Gasteiger partial charge >= 0.3 is 49.4 Å². The Labute approximate surface area is 161 Å². The zero-order chi connectivity index (χ0) is 16.7. The number of benzene rings is 1. The summed E-state index contributed by atoms with van der Waals surface area (Å²) in [4.78, 5) is 18.2. The molecule has 2 aromatic rings. The molecule has 0 aliphatic carbocycles. The van der Waals surface area contributed by atoms with Gasteiger partial charge in [-0.25, -0.2) is 4.99 Å². The van der Waals surface area contributed by atoms with Crippen molar-refractivity contribution in [1.82, 2.24) is 4.98 Å². The summed E-state index contributed by atoms with van der Waals surface area (Å²) in [5.41, 5.74) is 4.60. The first-order valence-corrected chi connectivity index (χ1v) is 16.2. The molecule has 0 fully saturated rings. The topological polar surface area (TPSA) is 46.8 Å². The summed E-state index contributed by atoms with van der Waals surface area (Å²) in [6, 6.07) is 8.16. The molecule has 119 valence electrons. The minimum absolute atomic E-state index is 0.0818. The summed E-state index contributed by atoms with van der Waals surface area (Å²) < 4.78 is 0. The molecule has 3 rings (SSSR count). The van der Waals surface area contributed by atoms with E-state index in [0.29, 0.717) is 9.47 Å². The SMILES string of the molecule is CC.CC(=O)C1Cc2c([nH]c3ccccc23)C(C)=[NH+]1.[I][V][I]. The number of carbonyl (C=O) groups excluding carboxylic acids is 1. The number of hydrogen-bond donors (Lipinski definition) is 2. The fourth-order valence-corrected chi connectivity index (χ4v) is 2.57. The summed E-state index contributed by atoms with van der Waals surface area (Å²) in [5, 5.41) is 1.23. The molecule has 0 saturated carbocycles. The van der Waals surface area contributed by atoms with Gasteiger partial charge in [0.05, 0.1) is 0 Å². The number of aromatic amines is 1. The van der Waals surface area contributed by atoms with Crippen LogP contribution in [0.5, 0.6) is 0 Å². The second-order valence-electron chi connectivity index (χ2n) is 4.72. The van der Waals surface area contributed by atoms with Crippen molar-refractivity contribution in [3.8, 4) is 0 Å². The van der Waals surface area contributed by atoms with Gasteiger partial charge in [0.15, 0.2) is 11.5 Å². The normalized spacial score (nSPS) is 15.5. The Kier molecular flexibility index (Phi) is 9.27. The third-order valence-corrected chi connectivity index (χ3v) is 3.48. The van der Waals surface area contributed by atoms with Gasteiger partial charge in [0.1, 0.15) is 5.69 Å². The number of para-hydroxylation sites is 1. The van der Waals surface area contributed by atoms with Crippen LogP contribution < -0.4 is 4.99 Å². The molecule has 0 amide bonds. The molecular formula is C16H21I2N2OV+. The van der Waals surface area contributed by atoms with Crippen LogP contribution in [0.25, 0.3) is 10.9 Å². The molecule has 0 saturated heterocycles. The molecular weight excluding hydrogens is 541 g/mol. The average molecular weight is 562 g/mol. The van der Waals surface area contributed by atoms with E-state index in [9.17, 15) is 4.79 Å². The van der Waals surface area contributed by atoms with Crippen LogP contribution in [0.2, 0.25) is 0 Å². The Hall–Kier alpha value is 0.144. The van der Waals surface area contributed by atoms with Gasteiger partial charge in [0.25, 0.3) is 0 Å². The van der Waals surface area contributed by atoms with Gasteiger partial charge in [-0.15, -0.1) is 0 Å². The van der Waals surface area contributed by atoms with E-state index < -0.39 is 0 Å². The quantitative estimate of drug-likeness (QED) is 0.516. The van der Waals surface area contributed by atoms with Crippen LogP contribution in [0.4, 0.5) is 0 Å². The van der Waals surface area contributed by atoms with Gasteiger partial charge in [-0.1, -0.05) is 32.0 Å². The van der Waals surface area contributed by atoms with Gasteiger partial charge in [0.2, 0.25) is 6.04 Å². The molecule has 1 atom stereocenters. The third kappa shape index (κ3) is 4.82. The van der Waals surface area contributed by atoms with Crippen LogP contribution in [-0.2, 0) is 20.7 Å². The molecule has 1 aromatic carbocycles. The fraction of sp³-hybridized carbons (Fsp3) is 0.375. The van der Waals surface area contributed by atoms with Gasteiger partial charge in [-0.2, -0.15) is 0 Å². The molecule has 0 bridgehead atoms. The predicted molar refractivity (Wildman–Crippen MR) is 107 cm³/mol. The second-order valence-corrected chi connectivity index (χ2v) is 16.5. The molecule has 0 spiro atoms. The standard InChI is InChI=1S/C14H14N2O.C2H6.2HI.V/c1-8-14-11(7-13(15-8)9(2)17)10-5-3-4-6-12(10)16-14;1-2;;;/h3-6,13,16H,7H2,1-2H3;1-2H3;2*1H;/q;;;;+2/p-1. The summed E-state index contributed by atoms with van der Waals surface area (Å²) in [6.45, 7) is 7.66. The van der Waals surface area contributed by atoms with Gasteiger partial charge in [0, 0.05) is 31.2 Å². The summed E-state index contributed by atoms with van der Waals surface area (Å²) in [6.07, 6.45) is 0.770. The Morgan fingerprint density at radius 1 is 1.32 bits per heavy atom. The Balaban J connectivity index is 0.000000435. The van der Waals surface area contributed by atoms with E-state index >= 15 is 0 Å². The van der Waals surface area contributed by atoms with E-state index in [-0.39, 0.29) is 11.8 Å². The molecule has 2 N–H and O–H groups in total. The van der Waals surface area contributed by atoms with E-state index in [1.54, 1.807) is 6.92 Å². The van der Waals surface area contributed by atoms with Crippen molar-refractivity contribution in [1.29, 1.82) is 0 Å². The molecule has 3 nitrogen and oxygen atoms in total. The first-order chi connectivity index (χ1) is 10.6. The molecule has 0 radical (unpaired) electrons. The zero-order valence-corrected chi connectivity index (χ0v) is 18.9.